The van der Waals surface area contributed by atoms with Crippen LogP contribution >= 0.6 is 23.2 Å². The molecule has 23 heavy (non-hydrogen) atoms. The summed E-state index contributed by atoms with van der Waals surface area (Å²) in [5, 5.41) is 3.18. The number of amides is 1. The largest absolute Gasteiger partial charge is 0.319 e. The highest BCUT2D eigenvalue weighted by Gasteiger charge is 2.19. The second kappa shape index (κ2) is 6.88. The lowest BCUT2D eigenvalue weighted by atomic mass is 10.2. The molecule has 0 saturated heterocycles. The zero-order valence-corrected chi connectivity index (χ0v) is 14.7. The zero-order chi connectivity index (χ0) is 17.2. The van der Waals surface area contributed by atoms with Crippen LogP contribution in [-0.2, 0) is 10.0 Å². The number of para-hydroxylation sites is 1. The molecule has 0 aromatic heterocycles. The van der Waals surface area contributed by atoms with Gasteiger partial charge in [-0.2, -0.15) is 0 Å². The summed E-state index contributed by atoms with van der Waals surface area (Å²) in [6.45, 7) is 0. The van der Waals surface area contributed by atoms with Crippen molar-refractivity contribution in [3.63, 3.8) is 0 Å². The summed E-state index contributed by atoms with van der Waals surface area (Å²) in [6, 6.07) is 10.6. The minimum absolute atomic E-state index is 0.0282. The first kappa shape index (κ1) is 17.7. The summed E-state index contributed by atoms with van der Waals surface area (Å²) >= 11 is 12.0. The maximum atomic E-state index is 12.3. The quantitative estimate of drug-likeness (QED) is 0.892. The van der Waals surface area contributed by atoms with Crippen LogP contribution in [0.3, 0.4) is 0 Å². The van der Waals surface area contributed by atoms with Crippen molar-refractivity contribution in [3.8, 4) is 0 Å². The minimum atomic E-state index is -3.62. The predicted molar refractivity (Wildman–Crippen MR) is 91.7 cm³/mol. The van der Waals surface area contributed by atoms with Crippen molar-refractivity contribution in [2.24, 2.45) is 0 Å². The van der Waals surface area contributed by atoms with Crippen LogP contribution in [0.15, 0.2) is 47.4 Å². The summed E-state index contributed by atoms with van der Waals surface area (Å²) in [5.41, 5.74) is 0.464. The van der Waals surface area contributed by atoms with E-state index in [1.54, 1.807) is 18.2 Å². The Bertz CT molecular complexity index is 831. The van der Waals surface area contributed by atoms with Crippen LogP contribution in [0, 0.1) is 0 Å². The highest BCUT2D eigenvalue weighted by molar-refractivity contribution is 7.89. The summed E-state index contributed by atoms with van der Waals surface area (Å²) in [6.07, 6.45) is 0. The number of sulfonamides is 1. The Kier molecular flexibility index (Phi) is 5.31. The average Bonchev–Trinajstić information content (AvgIpc) is 2.51. The monoisotopic (exact) mass is 372 g/mol. The molecule has 122 valence electrons. The molecular weight excluding hydrogens is 359 g/mol. The molecule has 8 heteroatoms. The molecule has 0 spiro atoms. The molecule has 0 unspecified atom stereocenters. The molecule has 0 aliphatic carbocycles. The Morgan fingerprint density at radius 1 is 1.04 bits per heavy atom. The van der Waals surface area contributed by atoms with E-state index in [0.717, 1.165) is 4.31 Å². The Balaban J connectivity index is 2.35. The normalized spacial score (nSPS) is 11.5. The van der Waals surface area contributed by atoms with Crippen molar-refractivity contribution < 1.29 is 13.2 Å². The van der Waals surface area contributed by atoms with Crippen LogP contribution in [0.1, 0.15) is 10.4 Å². The topological polar surface area (TPSA) is 66.5 Å². The molecule has 0 atom stereocenters. The first-order chi connectivity index (χ1) is 10.7. The van der Waals surface area contributed by atoms with Gasteiger partial charge in [-0.05, 0) is 30.3 Å². The van der Waals surface area contributed by atoms with E-state index in [2.05, 4.69) is 5.32 Å². The van der Waals surface area contributed by atoms with Crippen molar-refractivity contribution in [3.05, 3.63) is 58.1 Å². The lowest BCUT2D eigenvalue weighted by molar-refractivity contribution is 0.102. The van der Waals surface area contributed by atoms with Gasteiger partial charge in [0.05, 0.1) is 20.6 Å². The second-order valence-electron chi connectivity index (χ2n) is 4.87. The fourth-order valence-electron chi connectivity index (χ4n) is 1.81. The van der Waals surface area contributed by atoms with Gasteiger partial charge in [0.1, 0.15) is 0 Å². The van der Waals surface area contributed by atoms with Crippen LogP contribution in [0.4, 0.5) is 5.69 Å². The van der Waals surface area contributed by atoms with E-state index in [9.17, 15) is 13.2 Å². The third kappa shape index (κ3) is 3.84. The van der Waals surface area contributed by atoms with Crippen molar-refractivity contribution in [2.45, 2.75) is 4.90 Å². The summed E-state index contributed by atoms with van der Waals surface area (Å²) in [5.74, 6) is -0.504. The molecule has 0 aliphatic rings. The highest BCUT2D eigenvalue weighted by Crippen LogP contribution is 2.30. The molecule has 1 amide bonds. The van der Waals surface area contributed by atoms with Crippen LogP contribution in [-0.4, -0.2) is 32.7 Å². The molecule has 0 radical (unpaired) electrons. The van der Waals surface area contributed by atoms with E-state index in [4.69, 9.17) is 23.2 Å². The summed E-state index contributed by atoms with van der Waals surface area (Å²) in [7, 11) is -0.776. The number of halogens is 2. The Hall–Kier alpha value is -1.60. The van der Waals surface area contributed by atoms with Gasteiger partial charge in [-0.25, -0.2) is 12.7 Å². The third-order valence-corrected chi connectivity index (χ3v) is 5.52. The smallest absolute Gasteiger partial charge is 0.255 e. The van der Waals surface area contributed by atoms with E-state index >= 15 is 0 Å². The van der Waals surface area contributed by atoms with Gasteiger partial charge in [-0.15, -0.1) is 0 Å². The van der Waals surface area contributed by atoms with Crippen molar-refractivity contribution in [1.82, 2.24) is 4.31 Å². The first-order valence-electron chi connectivity index (χ1n) is 6.51. The minimum Gasteiger partial charge on any atom is -0.319 e. The van der Waals surface area contributed by atoms with Crippen molar-refractivity contribution in [2.75, 3.05) is 19.4 Å². The Morgan fingerprint density at radius 2 is 1.61 bits per heavy atom. The number of carbonyl (C=O) groups is 1. The average molecular weight is 373 g/mol. The number of hydrogen-bond donors (Lipinski definition) is 1. The van der Waals surface area contributed by atoms with Gasteiger partial charge in [0.15, 0.2) is 0 Å². The summed E-state index contributed by atoms with van der Waals surface area (Å²) in [4.78, 5) is 12.4. The second-order valence-corrected chi connectivity index (χ2v) is 7.83. The number of nitrogens with zero attached hydrogens (tertiary/aromatic N) is 1. The molecule has 1 N–H and O–H groups in total. The van der Waals surface area contributed by atoms with Gasteiger partial charge in [-0.3, -0.25) is 4.79 Å². The number of nitrogens with one attached hydrogen (secondary N) is 1. The SMILES string of the molecule is CN(C)S(=O)(=O)c1cccc(C(=O)Nc2c(Cl)cccc2Cl)c1. The maximum absolute atomic E-state index is 12.3. The van der Waals surface area contributed by atoms with E-state index < -0.39 is 15.9 Å². The molecule has 2 rings (SSSR count). The zero-order valence-electron chi connectivity index (χ0n) is 12.4. The number of carbonyl (C=O) groups excluding carboxylic acids is 1. The van der Waals surface area contributed by atoms with Crippen molar-refractivity contribution in [1.29, 1.82) is 0 Å². The first-order valence-corrected chi connectivity index (χ1v) is 8.71. The van der Waals surface area contributed by atoms with Crippen LogP contribution in [0.5, 0.6) is 0 Å². The predicted octanol–water partition coefficient (Wildman–Crippen LogP) is 3.50. The number of hydrogen-bond acceptors (Lipinski definition) is 3. The van der Waals surface area contributed by atoms with Crippen LogP contribution in [0.2, 0.25) is 10.0 Å². The molecule has 0 saturated carbocycles. The van der Waals surface area contributed by atoms with Gasteiger partial charge >= 0.3 is 0 Å². The Morgan fingerprint density at radius 3 is 2.17 bits per heavy atom. The molecule has 0 bridgehead atoms. The molecule has 0 aliphatic heterocycles. The molecular formula is C15H14Cl2N2O3S. The number of anilines is 1. The molecule has 0 fully saturated rings. The van der Waals surface area contributed by atoms with Gasteiger partial charge in [0, 0.05) is 19.7 Å². The van der Waals surface area contributed by atoms with E-state index in [0.29, 0.717) is 10.0 Å². The fraction of sp³-hybridized carbons (Fsp3) is 0.133. The van der Waals surface area contributed by atoms with Gasteiger partial charge in [0.2, 0.25) is 10.0 Å². The van der Waals surface area contributed by atoms with Crippen LogP contribution in [0.25, 0.3) is 0 Å². The third-order valence-electron chi connectivity index (χ3n) is 3.08. The standard InChI is InChI=1S/C15H14Cl2N2O3S/c1-19(2)23(21,22)11-6-3-5-10(9-11)15(20)18-14-12(16)7-4-8-13(14)17/h3-9H,1-2H3,(H,18,20). The Labute approximate surface area is 144 Å². The van der Waals surface area contributed by atoms with Crippen molar-refractivity contribution >= 4 is 44.8 Å². The van der Waals surface area contributed by atoms with Gasteiger partial charge in [-0.1, -0.05) is 35.3 Å². The molecule has 2 aromatic rings. The number of rotatable bonds is 4. The van der Waals surface area contributed by atoms with E-state index in [1.807, 2.05) is 0 Å². The van der Waals surface area contributed by atoms with Gasteiger partial charge in [0.25, 0.3) is 5.91 Å². The number of benzene rings is 2. The maximum Gasteiger partial charge on any atom is 0.255 e. The fourth-order valence-corrected chi connectivity index (χ4v) is 3.25. The highest BCUT2D eigenvalue weighted by atomic mass is 35.5. The van der Waals surface area contributed by atoms with E-state index in [1.165, 1.54) is 38.4 Å². The van der Waals surface area contributed by atoms with Crippen LogP contribution < -0.4 is 5.32 Å². The molecule has 2 aromatic carbocycles. The van der Waals surface area contributed by atoms with E-state index in [-0.39, 0.29) is 16.1 Å². The lowest BCUT2D eigenvalue weighted by Crippen LogP contribution is -2.22. The lowest BCUT2D eigenvalue weighted by Gasteiger charge is -2.13. The molecule has 0 heterocycles. The van der Waals surface area contributed by atoms with Gasteiger partial charge < -0.3 is 5.32 Å². The molecule has 5 nitrogen and oxygen atoms in total. The summed E-state index contributed by atoms with van der Waals surface area (Å²) < 4.78 is 25.3.